The van der Waals surface area contributed by atoms with Crippen LogP contribution in [0.1, 0.15) is 33.1 Å². The van der Waals surface area contributed by atoms with Gasteiger partial charge in [0, 0.05) is 18.6 Å². The zero-order valence-corrected chi connectivity index (χ0v) is 10.6. The molecule has 3 heteroatoms. The Hall–Kier alpha value is -0.120. The lowest BCUT2D eigenvalue weighted by molar-refractivity contribution is 0.113. The third kappa shape index (κ3) is 2.58. The summed E-state index contributed by atoms with van der Waals surface area (Å²) >= 11 is 0. The first-order valence-electron chi connectivity index (χ1n) is 6.74. The number of hydrogen-bond acceptors (Lipinski definition) is 3. The Balaban J connectivity index is 1.89. The van der Waals surface area contributed by atoms with Crippen molar-refractivity contribution in [2.75, 3.05) is 19.7 Å². The van der Waals surface area contributed by atoms with Crippen LogP contribution < -0.4 is 5.73 Å². The van der Waals surface area contributed by atoms with Crippen molar-refractivity contribution in [2.24, 2.45) is 23.5 Å². The molecule has 0 radical (unpaired) electrons. The first kappa shape index (κ1) is 12.3. The van der Waals surface area contributed by atoms with Gasteiger partial charge >= 0.3 is 0 Å². The maximum atomic E-state index is 9.54. The predicted octanol–water partition coefficient (Wildman–Crippen LogP) is 1.06. The van der Waals surface area contributed by atoms with E-state index < -0.39 is 0 Å². The van der Waals surface area contributed by atoms with Crippen LogP contribution in [0, 0.1) is 17.8 Å². The molecule has 3 nitrogen and oxygen atoms in total. The second-order valence-electron chi connectivity index (χ2n) is 5.95. The van der Waals surface area contributed by atoms with E-state index in [0.29, 0.717) is 5.92 Å². The fourth-order valence-corrected chi connectivity index (χ4v) is 2.94. The highest BCUT2D eigenvalue weighted by atomic mass is 16.3. The van der Waals surface area contributed by atoms with Gasteiger partial charge in [-0.2, -0.15) is 0 Å². The number of nitrogens with zero attached hydrogens (tertiary/aromatic N) is 1. The largest absolute Gasteiger partial charge is 0.395 e. The minimum absolute atomic E-state index is 0.191. The molecule has 3 atom stereocenters. The van der Waals surface area contributed by atoms with Crippen LogP contribution >= 0.6 is 0 Å². The molecule has 2 fully saturated rings. The summed E-state index contributed by atoms with van der Waals surface area (Å²) in [5.74, 6) is 2.22. The Bertz CT molecular complexity index is 228. The maximum Gasteiger partial charge on any atom is 0.0602 e. The lowest BCUT2D eigenvalue weighted by atomic mass is 9.95. The van der Waals surface area contributed by atoms with E-state index in [2.05, 4.69) is 18.7 Å². The normalized spacial score (nSPS) is 30.9. The topological polar surface area (TPSA) is 49.5 Å². The quantitative estimate of drug-likeness (QED) is 0.737. The second-order valence-corrected chi connectivity index (χ2v) is 5.95. The van der Waals surface area contributed by atoms with Gasteiger partial charge in [0.05, 0.1) is 6.61 Å². The number of hydrogen-bond donors (Lipinski definition) is 2. The molecule has 3 unspecified atom stereocenters. The van der Waals surface area contributed by atoms with Crippen molar-refractivity contribution < 1.29 is 5.11 Å². The minimum atomic E-state index is 0.191. The molecule has 94 valence electrons. The molecule has 1 saturated heterocycles. The molecule has 16 heavy (non-hydrogen) atoms. The molecule has 1 heterocycles. The van der Waals surface area contributed by atoms with Gasteiger partial charge < -0.3 is 10.8 Å². The van der Waals surface area contributed by atoms with E-state index in [4.69, 9.17) is 5.73 Å². The van der Waals surface area contributed by atoms with Gasteiger partial charge in [0.25, 0.3) is 0 Å². The summed E-state index contributed by atoms with van der Waals surface area (Å²) in [5, 5.41) is 9.54. The molecule has 1 aliphatic carbocycles. The highest BCUT2D eigenvalue weighted by Crippen LogP contribution is 2.35. The molecule has 3 N–H and O–H groups in total. The van der Waals surface area contributed by atoms with E-state index in [0.717, 1.165) is 24.9 Å². The Labute approximate surface area is 99.0 Å². The van der Waals surface area contributed by atoms with Crippen molar-refractivity contribution in [1.29, 1.82) is 0 Å². The zero-order valence-electron chi connectivity index (χ0n) is 10.6. The molecule has 0 amide bonds. The lowest BCUT2D eigenvalue weighted by Gasteiger charge is -2.31. The fraction of sp³-hybridized carbons (Fsp3) is 1.00. The van der Waals surface area contributed by atoms with Crippen LogP contribution in [0.3, 0.4) is 0 Å². The maximum absolute atomic E-state index is 9.54. The highest BCUT2D eigenvalue weighted by molar-refractivity contribution is 4.95. The molecule has 0 aromatic heterocycles. The van der Waals surface area contributed by atoms with Crippen molar-refractivity contribution in [2.45, 2.75) is 45.2 Å². The third-order valence-corrected chi connectivity index (χ3v) is 4.47. The summed E-state index contributed by atoms with van der Waals surface area (Å²) < 4.78 is 0. The monoisotopic (exact) mass is 226 g/mol. The molecule has 0 spiro atoms. The van der Waals surface area contributed by atoms with Crippen LogP contribution in [0.4, 0.5) is 0 Å². The fourth-order valence-electron chi connectivity index (χ4n) is 2.94. The summed E-state index contributed by atoms with van der Waals surface area (Å²) in [6.07, 6.45) is 3.80. The Morgan fingerprint density at radius 2 is 1.94 bits per heavy atom. The SMILES string of the molecule is CC(C)C1CCN(C(CO)C(N)C2CC2)C1. The lowest BCUT2D eigenvalue weighted by Crippen LogP contribution is -2.50. The minimum Gasteiger partial charge on any atom is -0.395 e. The number of aliphatic hydroxyl groups excluding tert-OH is 1. The van der Waals surface area contributed by atoms with Gasteiger partial charge in [-0.15, -0.1) is 0 Å². The summed E-state index contributed by atoms with van der Waals surface area (Å²) in [6, 6.07) is 0.396. The zero-order chi connectivity index (χ0) is 11.7. The first-order valence-corrected chi connectivity index (χ1v) is 6.74. The number of rotatable bonds is 5. The number of likely N-dealkylation sites (tertiary alicyclic amines) is 1. The van der Waals surface area contributed by atoms with Crippen LogP contribution in [0.15, 0.2) is 0 Å². The number of nitrogens with two attached hydrogens (primary N) is 1. The van der Waals surface area contributed by atoms with E-state index in [1.807, 2.05) is 0 Å². The molecule has 2 rings (SSSR count). The van der Waals surface area contributed by atoms with Gasteiger partial charge in [-0.3, -0.25) is 4.90 Å². The average molecular weight is 226 g/mol. The van der Waals surface area contributed by atoms with Gasteiger partial charge in [-0.05, 0) is 43.6 Å². The van der Waals surface area contributed by atoms with Crippen molar-refractivity contribution >= 4 is 0 Å². The first-order chi connectivity index (χ1) is 7.63. The molecule has 1 saturated carbocycles. The summed E-state index contributed by atoms with van der Waals surface area (Å²) in [4.78, 5) is 2.42. The second kappa shape index (κ2) is 5.03. The molecular weight excluding hydrogens is 200 g/mol. The summed E-state index contributed by atoms with van der Waals surface area (Å²) in [7, 11) is 0. The van der Waals surface area contributed by atoms with Crippen molar-refractivity contribution in [3.05, 3.63) is 0 Å². The number of aliphatic hydroxyl groups is 1. The van der Waals surface area contributed by atoms with Gasteiger partial charge in [0.2, 0.25) is 0 Å². The van der Waals surface area contributed by atoms with Crippen molar-refractivity contribution in [1.82, 2.24) is 4.90 Å². The highest BCUT2D eigenvalue weighted by Gasteiger charge is 2.38. The standard InChI is InChI=1S/C13H26N2O/c1-9(2)11-5-6-15(7-11)12(8-16)13(14)10-3-4-10/h9-13,16H,3-8,14H2,1-2H3. The summed E-state index contributed by atoms with van der Waals surface area (Å²) in [5.41, 5.74) is 6.23. The van der Waals surface area contributed by atoms with Crippen LogP contribution in [0.5, 0.6) is 0 Å². The van der Waals surface area contributed by atoms with Gasteiger partial charge in [-0.25, -0.2) is 0 Å². The van der Waals surface area contributed by atoms with Crippen LogP contribution in [0.25, 0.3) is 0 Å². The van der Waals surface area contributed by atoms with E-state index in [1.54, 1.807) is 0 Å². The van der Waals surface area contributed by atoms with Gasteiger partial charge in [0.15, 0.2) is 0 Å². The molecule has 0 aromatic carbocycles. The molecule has 0 bridgehead atoms. The van der Waals surface area contributed by atoms with E-state index in [9.17, 15) is 5.11 Å². The van der Waals surface area contributed by atoms with E-state index in [-0.39, 0.29) is 18.7 Å². The third-order valence-electron chi connectivity index (χ3n) is 4.47. The molecular formula is C13H26N2O. The average Bonchev–Trinajstić information content (AvgIpc) is 2.99. The Kier molecular flexibility index (Phi) is 3.88. The smallest absolute Gasteiger partial charge is 0.0602 e. The van der Waals surface area contributed by atoms with Gasteiger partial charge in [-0.1, -0.05) is 13.8 Å². The van der Waals surface area contributed by atoms with Crippen LogP contribution in [-0.4, -0.2) is 41.8 Å². The predicted molar refractivity (Wildman–Crippen MR) is 66.1 cm³/mol. The molecule has 0 aromatic rings. The van der Waals surface area contributed by atoms with E-state index in [1.165, 1.54) is 19.3 Å². The molecule has 1 aliphatic heterocycles. The van der Waals surface area contributed by atoms with Crippen molar-refractivity contribution in [3.8, 4) is 0 Å². The Morgan fingerprint density at radius 1 is 1.25 bits per heavy atom. The summed E-state index contributed by atoms with van der Waals surface area (Å²) in [6.45, 7) is 7.06. The van der Waals surface area contributed by atoms with Crippen molar-refractivity contribution in [3.63, 3.8) is 0 Å². The van der Waals surface area contributed by atoms with Crippen LogP contribution in [-0.2, 0) is 0 Å². The molecule has 2 aliphatic rings. The van der Waals surface area contributed by atoms with Crippen LogP contribution in [0.2, 0.25) is 0 Å². The van der Waals surface area contributed by atoms with E-state index >= 15 is 0 Å². The van der Waals surface area contributed by atoms with Gasteiger partial charge in [0.1, 0.15) is 0 Å². The Morgan fingerprint density at radius 3 is 2.38 bits per heavy atom.